The Morgan fingerprint density at radius 1 is 1.24 bits per heavy atom. The fraction of sp³-hybridized carbons (Fsp3) is 0.100. The van der Waals surface area contributed by atoms with Crippen LogP contribution in [0.1, 0.15) is 15.9 Å². The van der Waals surface area contributed by atoms with Gasteiger partial charge in [0.15, 0.2) is 0 Å². The number of thiocarbonyl (C=S) groups is 1. The van der Waals surface area contributed by atoms with Crippen LogP contribution in [-0.4, -0.2) is 40.7 Å². The molecule has 0 aromatic heterocycles. The van der Waals surface area contributed by atoms with E-state index in [4.69, 9.17) is 17.0 Å². The van der Waals surface area contributed by atoms with Gasteiger partial charge in [0.05, 0.1) is 18.0 Å². The van der Waals surface area contributed by atoms with E-state index < -0.39 is 11.9 Å². The molecule has 0 spiro atoms. The molecule has 1 fully saturated rings. The van der Waals surface area contributed by atoms with Gasteiger partial charge >= 0.3 is 0 Å². The van der Waals surface area contributed by atoms with Crippen LogP contribution in [0.25, 0.3) is 6.08 Å². The average molecular weight is 427 g/mol. The molecule has 29 heavy (non-hydrogen) atoms. The van der Waals surface area contributed by atoms with Gasteiger partial charge in [0, 0.05) is 5.69 Å². The number of hydrogen-bond acceptors (Lipinski definition) is 7. The molecule has 1 aliphatic heterocycles. The van der Waals surface area contributed by atoms with Crippen molar-refractivity contribution in [1.29, 1.82) is 0 Å². The molecule has 3 rings (SSSR count). The molecule has 1 N–H and O–H groups in total. The van der Waals surface area contributed by atoms with Gasteiger partial charge in [0.2, 0.25) is 5.91 Å². The number of rotatable bonds is 6. The van der Waals surface area contributed by atoms with Crippen LogP contribution in [0, 0.1) is 0 Å². The number of benzene rings is 2. The van der Waals surface area contributed by atoms with Crippen LogP contribution in [0.4, 0.5) is 5.69 Å². The number of thioether (sulfide) groups is 1. The van der Waals surface area contributed by atoms with Gasteiger partial charge in [-0.1, -0.05) is 48.2 Å². The summed E-state index contributed by atoms with van der Waals surface area (Å²) in [4.78, 5) is 37.5. The Morgan fingerprint density at radius 2 is 2.00 bits per heavy atom. The van der Waals surface area contributed by atoms with Crippen molar-refractivity contribution < 1.29 is 24.2 Å². The number of carboxylic acid groups (broad SMARTS) is 1. The Morgan fingerprint density at radius 3 is 2.72 bits per heavy atom. The van der Waals surface area contributed by atoms with Crippen molar-refractivity contribution in [2.45, 2.75) is 0 Å². The fourth-order valence-corrected chi connectivity index (χ4v) is 3.84. The Kier molecular flexibility index (Phi) is 6.30. The van der Waals surface area contributed by atoms with Crippen molar-refractivity contribution in [3.63, 3.8) is 0 Å². The lowest BCUT2D eigenvalue weighted by molar-refractivity contribution is -0.255. The Balaban J connectivity index is 1.69. The Labute approximate surface area is 176 Å². The first-order valence-electron chi connectivity index (χ1n) is 8.38. The number of carbonyl (C=O) groups excluding carboxylic acids is 3. The maximum Gasteiger partial charge on any atom is 0.266 e. The summed E-state index contributed by atoms with van der Waals surface area (Å²) in [6.45, 7) is -0.282. The van der Waals surface area contributed by atoms with E-state index in [1.165, 1.54) is 29.2 Å². The highest BCUT2D eigenvalue weighted by molar-refractivity contribution is 8.26. The molecule has 0 radical (unpaired) electrons. The third-order valence-electron chi connectivity index (χ3n) is 3.95. The number of methoxy groups -OCH3 is 1. The van der Waals surface area contributed by atoms with E-state index >= 15 is 0 Å². The van der Waals surface area contributed by atoms with Gasteiger partial charge in [-0.15, -0.1) is 0 Å². The highest BCUT2D eigenvalue weighted by atomic mass is 32.2. The number of amides is 2. The van der Waals surface area contributed by atoms with Gasteiger partial charge in [-0.25, -0.2) is 0 Å². The molecular formula is C20H15N2O5S2-. The van der Waals surface area contributed by atoms with Crippen LogP contribution in [0.3, 0.4) is 0 Å². The molecule has 2 amide bonds. The van der Waals surface area contributed by atoms with E-state index in [1.807, 2.05) is 6.07 Å². The minimum atomic E-state index is -1.35. The first kappa shape index (κ1) is 20.6. The van der Waals surface area contributed by atoms with Crippen LogP contribution in [0.15, 0.2) is 53.4 Å². The number of carbonyl (C=O) groups is 3. The summed E-state index contributed by atoms with van der Waals surface area (Å²) in [7, 11) is 1.56. The zero-order valence-electron chi connectivity index (χ0n) is 15.2. The SMILES string of the molecule is COc1cccc(/C=C2/SC(=S)N(CC(=O)Nc3cccc(C(=O)[O-])c3)C2=O)c1. The van der Waals surface area contributed by atoms with Crippen LogP contribution >= 0.6 is 24.0 Å². The summed E-state index contributed by atoms with van der Waals surface area (Å²) in [5.41, 5.74) is 0.997. The minimum absolute atomic E-state index is 0.0605. The molecule has 0 aliphatic carbocycles. The second-order valence-electron chi connectivity index (χ2n) is 5.96. The molecule has 0 saturated carbocycles. The fourth-order valence-electron chi connectivity index (χ4n) is 2.59. The molecule has 148 valence electrons. The van der Waals surface area contributed by atoms with Gasteiger partial charge in [0.1, 0.15) is 16.6 Å². The smallest absolute Gasteiger partial charge is 0.266 e. The Hall–Kier alpha value is -3.17. The normalized spacial score (nSPS) is 14.9. The maximum atomic E-state index is 12.7. The third kappa shape index (κ3) is 5.01. The first-order chi connectivity index (χ1) is 13.9. The summed E-state index contributed by atoms with van der Waals surface area (Å²) in [5, 5.41) is 13.5. The van der Waals surface area contributed by atoms with E-state index in [1.54, 1.807) is 31.4 Å². The topological polar surface area (TPSA) is 98.8 Å². The number of carboxylic acids is 1. The van der Waals surface area contributed by atoms with E-state index in [0.717, 1.165) is 17.3 Å². The van der Waals surface area contributed by atoms with E-state index in [0.29, 0.717) is 10.7 Å². The van der Waals surface area contributed by atoms with Crippen molar-refractivity contribution in [1.82, 2.24) is 4.90 Å². The van der Waals surface area contributed by atoms with E-state index in [2.05, 4.69) is 5.32 Å². The summed E-state index contributed by atoms with van der Waals surface area (Å²) in [6, 6.07) is 12.9. The number of ether oxygens (including phenoxy) is 1. The van der Waals surface area contributed by atoms with Crippen molar-refractivity contribution in [3.05, 3.63) is 64.6 Å². The molecular weight excluding hydrogens is 412 g/mol. The predicted octanol–water partition coefficient (Wildman–Crippen LogP) is 1.90. The quantitative estimate of drug-likeness (QED) is 0.555. The van der Waals surface area contributed by atoms with Gasteiger partial charge in [-0.05, 0) is 41.5 Å². The molecule has 1 aliphatic rings. The number of nitrogens with one attached hydrogen (secondary N) is 1. The van der Waals surface area contributed by atoms with Crippen LogP contribution < -0.4 is 15.2 Å². The number of nitrogens with zero attached hydrogens (tertiary/aromatic N) is 1. The van der Waals surface area contributed by atoms with Crippen molar-refractivity contribution in [2.24, 2.45) is 0 Å². The summed E-state index contributed by atoms with van der Waals surface area (Å²) in [6.07, 6.45) is 1.68. The lowest BCUT2D eigenvalue weighted by atomic mass is 10.2. The number of anilines is 1. The first-order valence-corrected chi connectivity index (χ1v) is 9.60. The van der Waals surface area contributed by atoms with Gasteiger partial charge in [-0.2, -0.15) is 0 Å². The predicted molar refractivity (Wildman–Crippen MR) is 112 cm³/mol. The largest absolute Gasteiger partial charge is 0.545 e. The highest BCUT2D eigenvalue weighted by Gasteiger charge is 2.33. The summed E-state index contributed by atoms with van der Waals surface area (Å²) in [5.74, 6) is -1.56. The van der Waals surface area contributed by atoms with Gasteiger partial charge in [0.25, 0.3) is 5.91 Å². The maximum absolute atomic E-state index is 12.7. The van der Waals surface area contributed by atoms with E-state index in [-0.39, 0.29) is 28.0 Å². The van der Waals surface area contributed by atoms with Crippen molar-refractivity contribution in [3.8, 4) is 5.75 Å². The number of hydrogen-bond donors (Lipinski definition) is 1. The van der Waals surface area contributed by atoms with Crippen LogP contribution in [0.2, 0.25) is 0 Å². The molecule has 0 bridgehead atoms. The molecule has 9 heteroatoms. The molecule has 7 nitrogen and oxygen atoms in total. The summed E-state index contributed by atoms with van der Waals surface area (Å²) >= 11 is 6.34. The average Bonchev–Trinajstić information content (AvgIpc) is 2.95. The molecule has 1 heterocycles. The Bertz CT molecular complexity index is 1040. The molecule has 0 unspecified atom stereocenters. The van der Waals surface area contributed by atoms with Gasteiger partial charge in [-0.3, -0.25) is 14.5 Å². The second kappa shape index (κ2) is 8.89. The lowest BCUT2D eigenvalue weighted by Crippen LogP contribution is -2.36. The van der Waals surface area contributed by atoms with Crippen LogP contribution in [0.5, 0.6) is 5.75 Å². The molecule has 2 aromatic rings. The number of aromatic carboxylic acids is 1. The lowest BCUT2D eigenvalue weighted by Gasteiger charge is -2.14. The van der Waals surface area contributed by atoms with Crippen molar-refractivity contribution in [2.75, 3.05) is 19.0 Å². The zero-order valence-corrected chi connectivity index (χ0v) is 16.8. The van der Waals surface area contributed by atoms with Crippen molar-refractivity contribution >= 4 is 57.8 Å². The standard InChI is InChI=1S/C20H16N2O5S2/c1-27-15-7-2-4-12(8-15)9-16-18(24)22(20(28)29-16)11-17(23)21-14-6-3-5-13(10-14)19(25)26/h2-10H,11H2,1H3,(H,21,23)(H,25,26)/p-1/b16-9+. The monoisotopic (exact) mass is 427 g/mol. The van der Waals surface area contributed by atoms with E-state index in [9.17, 15) is 19.5 Å². The zero-order chi connectivity index (χ0) is 21.0. The molecule has 1 saturated heterocycles. The second-order valence-corrected chi connectivity index (χ2v) is 7.64. The van der Waals surface area contributed by atoms with Crippen LogP contribution in [-0.2, 0) is 9.59 Å². The third-order valence-corrected chi connectivity index (χ3v) is 5.33. The molecule has 2 aromatic carbocycles. The van der Waals surface area contributed by atoms with Gasteiger partial charge < -0.3 is 20.0 Å². The summed E-state index contributed by atoms with van der Waals surface area (Å²) < 4.78 is 5.44. The minimum Gasteiger partial charge on any atom is -0.545 e. The highest BCUT2D eigenvalue weighted by Crippen LogP contribution is 2.32. The molecule has 0 atom stereocenters.